The van der Waals surface area contributed by atoms with Gasteiger partial charge in [0.05, 0.1) is 4.90 Å². The molecule has 0 heterocycles. The molecule has 26 heavy (non-hydrogen) atoms. The van der Waals surface area contributed by atoms with Crippen LogP contribution in [0.4, 0.5) is 0 Å². The van der Waals surface area contributed by atoms with Gasteiger partial charge in [0.25, 0.3) is 0 Å². The second kappa shape index (κ2) is 15.1. The summed E-state index contributed by atoms with van der Waals surface area (Å²) in [6.45, 7) is 4.42. The van der Waals surface area contributed by atoms with Crippen molar-refractivity contribution >= 4 is 10.1 Å². The molecule has 0 fully saturated rings. The minimum Gasteiger partial charge on any atom is -0.744 e. The number of hydrogen-bond donors (Lipinski definition) is 0. The van der Waals surface area contributed by atoms with Crippen LogP contribution in [0.15, 0.2) is 29.2 Å². The zero-order valence-electron chi connectivity index (χ0n) is 17.0. The van der Waals surface area contributed by atoms with Gasteiger partial charge in [0.2, 0.25) is 0 Å². The Bertz CT molecular complexity index is 555. The van der Waals surface area contributed by atoms with Crippen molar-refractivity contribution in [1.82, 2.24) is 0 Å². The van der Waals surface area contributed by atoms with Crippen LogP contribution in [0.3, 0.4) is 0 Å². The predicted molar refractivity (Wildman–Crippen MR) is 104 cm³/mol. The van der Waals surface area contributed by atoms with Gasteiger partial charge >= 0.3 is 29.6 Å². The van der Waals surface area contributed by atoms with Crippen LogP contribution in [0.25, 0.3) is 0 Å². The van der Waals surface area contributed by atoms with E-state index in [0.29, 0.717) is 5.92 Å². The molecular formula is C21H35NaO3S. The molecule has 0 radical (unpaired) electrons. The van der Waals surface area contributed by atoms with Crippen LogP contribution in [0.5, 0.6) is 0 Å². The van der Waals surface area contributed by atoms with Crippen molar-refractivity contribution in [3.05, 3.63) is 29.8 Å². The second-order valence-corrected chi connectivity index (χ2v) is 8.63. The van der Waals surface area contributed by atoms with Gasteiger partial charge in [-0.2, -0.15) is 0 Å². The minimum absolute atomic E-state index is 0. The average Bonchev–Trinajstić information content (AvgIpc) is 2.59. The summed E-state index contributed by atoms with van der Waals surface area (Å²) in [4.78, 5) is -0.141. The van der Waals surface area contributed by atoms with E-state index >= 15 is 0 Å². The first kappa shape index (κ1) is 26.1. The fourth-order valence-electron chi connectivity index (χ4n) is 3.24. The van der Waals surface area contributed by atoms with Crippen LogP contribution in [0.2, 0.25) is 0 Å². The fourth-order valence-corrected chi connectivity index (χ4v) is 3.71. The first-order chi connectivity index (χ1) is 11.9. The van der Waals surface area contributed by atoms with Crippen molar-refractivity contribution in [2.45, 2.75) is 102 Å². The third kappa shape index (κ3) is 11.8. The molecule has 1 unspecified atom stereocenters. The fraction of sp³-hybridized carbons (Fsp3) is 0.714. The number of rotatable bonds is 14. The van der Waals surface area contributed by atoms with E-state index in [4.69, 9.17) is 0 Å². The van der Waals surface area contributed by atoms with Crippen molar-refractivity contribution in [2.24, 2.45) is 0 Å². The molecule has 0 saturated heterocycles. The Morgan fingerprint density at radius 1 is 0.808 bits per heavy atom. The van der Waals surface area contributed by atoms with Crippen molar-refractivity contribution in [3.63, 3.8) is 0 Å². The standard InChI is InChI=1S/C21H36O3S.Na/c1-3-4-5-6-7-8-9-10-11-12-13-14-19(2)20-15-17-21(18-16-20)25(22,23)24;/h15-19H,3-14H2,1-2H3,(H,22,23,24);/q;+1/p-1/i15+1,16+1,17+1,18+1,20+1,21+1;. The van der Waals surface area contributed by atoms with Crippen molar-refractivity contribution < 1.29 is 42.5 Å². The molecule has 0 aliphatic heterocycles. The number of unbranched alkanes of at least 4 members (excludes halogenated alkanes) is 10. The molecule has 0 amide bonds. The van der Waals surface area contributed by atoms with Gasteiger partial charge in [-0.1, -0.05) is 96.6 Å². The van der Waals surface area contributed by atoms with Gasteiger partial charge in [0.1, 0.15) is 10.1 Å². The zero-order valence-corrected chi connectivity index (χ0v) is 19.8. The van der Waals surface area contributed by atoms with Crippen LogP contribution in [-0.4, -0.2) is 13.0 Å². The van der Waals surface area contributed by atoms with Gasteiger partial charge in [-0.15, -0.1) is 0 Å². The van der Waals surface area contributed by atoms with Crippen LogP contribution >= 0.6 is 0 Å². The maximum Gasteiger partial charge on any atom is 1.00 e. The smallest absolute Gasteiger partial charge is 0.744 e. The normalized spacial score (nSPS) is 12.6. The SMILES string of the molecule is CCCCCCCCCCCCCC(C)[13c]1[13cH][13cH][13c](S(=O)(=O)[O-])[13cH][13cH]1.[Na+]. The van der Waals surface area contributed by atoms with Crippen LogP contribution < -0.4 is 29.6 Å². The van der Waals surface area contributed by atoms with Crippen molar-refractivity contribution in [2.75, 3.05) is 0 Å². The van der Waals surface area contributed by atoms with Crippen molar-refractivity contribution in [3.8, 4) is 0 Å². The quantitative estimate of drug-likeness (QED) is 0.275. The van der Waals surface area contributed by atoms with Gasteiger partial charge in [-0.05, 0) is 30.0 Å². The van der Waals surface area contributed by atoms with Gasteiger partial charge in [0.15, 0.2) is 0 Å². The van der Waals surface area contributed by atoms with Gasteiger partial charge < -0.3 is 4.55 Å². The second-order valence-electron chi connectivity index (χ2n) is 7.25. The third-order valence-electron chi connectivity index (χ3n) is 4.98. The Labute approximate surface area is 183 Å². The van der Waals surface area contributed by atoms with Crippen LogP contribution in [0, 0.1) is 0 Å². The molecule has 3 nitrogen and oxygen atoms in total. The van der Waals surface area contributed by atoms with E-state index in [1.807, 2.05) is 0 Å². The Morgan fingerprint density at radius 2 is 1.23 bits per heavy atom. The van der Waals surface area contributed by atoms with E-state index in [-0.39, 0.29) is 34.5 Å². The van der Waals surface area contributed by atoms with E-state index in [1.165, 1.54) is 82.8 Å². The molecule has 0 aromatic heterocycles. The van der Waals surface area contributed by atoms with E-state index in [2.05, 4.69) is 13.8 Å². The zero-order chi connectivity index (χ0) is 18.5. The molecule has 1 aromatic rings. The summed E-state index contributed by atoms with van der Waals surface area (Å²) in [7, 11) is -4.33. The van der Waals surface area contributed by atoms with E-state index in [0.717, 1.165) is 12.0 Å². The monoisotopic (exact) mass is 396 g/mol. The Balaban J connectivity index is 0.00000625. The molecule has 1 rings (SSSR count). The third-order valence-corrected chi connectivity index (χ3v) is 5.83. The Morgan fingerprint density at radius 3 is 1.65 bits per heavy atom. The topological polar surface area (TPSA) is 57.2 Å². The molecule has 0 aliphatic rings. The summed E-state index contributed by atoms with van der Waals surface area (Å²) >= 11 is 0. The minimum atomic E-state index is -4.33. The van der Waals surface area contributed by atoms with Gasteiger partial charge in [0, 0.05) is 0 Å². The molecule has 0 N–H and O–H groups in total. The summed E-state index contributed by atoms with van der Waals surface area (Å²) in [6.07, 6.45) is 15.9. The Hall–Kier alpha value is 0.130. The summed E-state index contributed by atoms with van der Waals surface area (Å²) in [5, 5.41) is 0. The van der Waals surface area contributed by atoms with E-state index in [9.17, 15) is 13.0 Å². The summed E-state index contributed by atoms with van der Waals surface area (Å²) in [5.74, 6) is 0.405. The van der Waals surface area contributed by atoms with Crippen LogP contribution in [0.1, 0.15) is 102 Å². The summed E-state index contributed by atoms with van der Waals surface area (Å²) in [5.41, 5.74) is 1.11. The summed E-state index contributed by atoms with van der Waals surface area (Å²) < 4.78 is 32.8. The first-order valence-corrected chi connectivity index (χ1v) is 11.4. The maximum atomic E-state index is 10.9. The first-order valence-electron chi connectivity index (χ1n) is 10.0. The Kier molecular flexibility index (Phi) is 15.2. The molecule has 144 valence electrons. The van der Waals surface area contributed by atoms with E-state index in [1.54, 1.807) is 12.1 Å². The molecule has 1 aromatic carbocycles. The molecule has 0 bridgehead atoms. The summed E-state index contributed by atoms with van der Waals surface area (Å²) in [6, 6.07) is 6.39. The molecular weight excluding hydrogens is 361 g/mol. The molecule has 0 saturated carbocycles. The van der Waals surface area contributed by atoms with Gasteiger partial charge in [-0.3, -0.25) is 0 Å². The molecule has 1 atom stereocenters. The average molecular weight is 397 g/mol. The predicted octanol–water partition coefficient (Wildman–Crippen LogP) is 3.40. The largest absolute Gasteiger partial charge is 1.00 e. The number of hydrogen-bond acceptors (Lipinski definition) is 3. The van der Waals surface area contributed by atoms with E-state index < -0.39 is 10.1 Å². The van der Waals surface area contributed by atoms with Crippen LogP contribution in [-0.2, 0) is 10.1 Å². The number of benzene rings is 1. The van der Waals surface area contributed by atoms with Gasteiger partial charge in [-0.25, -0.2) is 8.42 Å². The molecule has 0 aliphatic carbocycles. The molecule has 5 heteroatoms. The maximum absolute atomic E-state index is 10.9. The van der Waals surface area contributed by atoms with Crippen molar-refractivity contribution in [1.29, 1.82) is 0 Å². The molecule has 0 spiro atoms.